The normalized spacial score (nSPS) is 12.5. The zero-order valence-corrected chi connectivity index (χ0v) is 16.6. The van der Waals surface area contributed by atoms with E-state index in [1.807, 2.05) is 50.5 Å². The van der Waals surface area contributed by atoms with Gasteiger partial charge in [0.05, 0.1) is 16.7 Å². The third-order valence-corrected chi connectivity index (χ3v) is 6.42. The van der Waals surface area contributed by atoms with Crippen molar-refractivity contribution in [3.05, 3.63) is 50.0 Å². The minimum absolute atomic E-state index is 0.00399. The fraction of sp³-hybridized carbons (Fsp3) is 0.333. The number of halogens is 1. The molecule has 1 atom stereocenters. The molecule has 24 heavy (non-hydrogen) atoms. The van der Waals surface area contributed by atoms with Crippen LogP contribution in [0.5, 0.6) is 0 Å². The SMILES string of the molecule is Cc1nc(C)c([C@H](C)NC(=O)Cn2c(C)c(Br)c3ccccc32)s1. The van der Waals surface area contributed by atoms with Gasteiger partial charge in [0.15, 0.2) is 0 Å². The molecule has 0 radical (unpaired) electrons. The molecule has 0 spiro atoms. The molecule has 1 N–H and O–H groups in total. The third kappa shape index (κ3) is 3.13. The van der Waals surface area contributed by atoms with Gasteiger partial charge in [-0.1, -0.05) is 18.2 Å². The number of carbonyl (C=O) groups is 1. The zero-order valence-electron chi connectivity index (χ0n) is 14.2. The van der Waals surface area contributed by atoms with Crippen molar-refractivity contribution in [1.29, 1.82) is 0 Å². The van der Waals surface area contributed by atoms with E-state index in [1.165, 1.54) is 0 Å². The molecule has 4 nitrogen and oxygen atoms in total. The van der Waals surface area contributed by atoms with Gasteiger partial charge in [0, 0.05) is 25.9 Å². The Morgan fingerprint density at radius 1 is 1.33 bits per heavy atom. The first-order valence-corrected chi connectivity index (χ1v) is 9.46. The summed E-state index contributed by atoms with van der Waals surface area (Å²) in [6.07, 6.45) is 0. The number of amides is 1. The van der Waals surface area contributed by atoms with Crippen molar-refractivity contribution in [2.75, 3.05) is 0 Å². The van der Waals surface area contributed by atoms with Gasteiger partial charge in [-0.15, -0.1) is 11.3 Å². The predicted molar refractivity (Wildman–Crippen MR) is 103 cm³/mol. The highest BCUT2D eigenvalue weighted by atomic mass is 79.9. The molecule has 126 valence electrons. The fourth-order valence-corrected chi connectivity index (χ4v) is 4.52. The van der Waals surface area contributed by atoms with Gasteiger partial charge >= 0.3 is 0 Å². The van der Waals surface area contributed by atoms with Crippen molar-refractivity contribution in [3.8, 4) is 0 Å². The van der Waals surface area contributed by atoms with Crippen LogP contribution >= 0.6 is 27.3 Å². The van der Waals surface area contributed by atoms with Crippen molar-refractivity contribution in [2.45, 2.75) is 40.3 Å². The maximum Gasteiger partial charge on any atom is 0.240 e. The molecular weight excluding hydrogens is 386 g/mol. The predicted octanol–water partition coefficient (Wildman–Crippen LogP) is 4.66. The highest BCUT2D eigenvalue weighted by Crippen LogP contribution is 2.30. The maximum absolute atomic E-state index is 12.6. The number of fused-ring (bicyclic) bond motifs is 1. The average molecular weight is 406 g/mol. The Labute approximate surface area is 154 Å². The molecule has 0 aliphatic heterocycles. The number of hydrogen-bond donors (Lipinski definition) is 1. The van der Waals surface area contributed by atoms with Gasteiger partial charge in [-0.3, -0.25) is 4.79 Å². The number of hydrogen-bond acceptors (Lipinski definition) is 3. The lowest BCUT2D eigenvalue weighted by atomic mass is 10.2. The highest BCUT2D eigenvalue weighted by molar-refractivity contribution is 9.10. The minimum atomic E-state index is -0.0331. The van der Waals surface area contributed by atoms with Crippen LogP contribution in [0, 0.1) is 20.8 Å². The summed E-state index contributed by atoms with van der Waals surface area (Å²) < 4.78 is 3.10. The van der Waals surface area contributed by atoms with E-state index >= 15 is 0 Å². The molecule has 2 aromatic heterocycles. The second kappa shape index (κ2) is 6.69. The summed E-state index contributed by atoms with van der Waals surface area (Å²) in [5.41, 5.74) is 3.12. The number of carbonyl (C=O) groups excluding carboxylic acids is 1. The Balaban J connectivity index is 1.81. The zero-order chi connectivity index (χ0) is 17.4. The van der Waals surface area contributed by atoms with Crippen LogP contribution in [0.25, 0.3) is 10.9 Å². The summed E-state index contributed by atoms with van der Waals surface area (Å²) >= 11 is 5.27. The van der Waals surface area contributed by atoms with Crippen LogP contribution in [0.3, 0.4) is 0 Å². The molecule has 0 saturated carbocycles. The highest BCUT2D eigenvalue weighted by Gasteiger charge is 2.18. The standard InChI is InChI=1S/C18H20BrN3OS/c1-10-18(24-13(4)20-10)11(2)21-16(23)9-22-12(3)17(19)14-7-5-6-8-15(14)22/h5-8,11H,9H2,1-4H3,(H,21,23)/t11-/m0/s1. The molecule has 3 aromatic rings. The second-order valence-electron chi connectivity index (χ2n) is 5.97. The fourth-order valence-electron chi connectivity index (χ4n) is 3.04. The molecule has 6 heteroatoms. The number of rotatable bonds is 4. The molecular formula is C18H20BrN3OS. The van der Waals surface area contributed by atoms with E-state index in [1.54, 1.807) is 11.3 Å². The van der Waals surface area contributed by atoms with E-state index in [4.69, 9.17) is 0 Å². The van der Waals surface area contributed by atoms with Crippen LogP contribution in [0.1, 0.15) is 34.2 Å². The van der Waals surface area contributed by atoms with Gasteiger partial charge in [-0.05, 0) is 49.7 Å². The Morgan fingerprint density at radius 3 is 2.71 bits per heavy atom. The number of aromatic nitrogens is 2. The van der Waals surface area contributed by atoms with Gasteiger partial charge < -0.3 is 9.88 Å². The van der Waals surface area contributed by atoms with Gasteiger partial charge in [0.1, 0.15) is 6.54 Å². The van der Waals surface area contributed by atoms with E-state index in [-0.39, 0.29) is 11.9 Å². The molecule has 3 rings (SSSR count). The van der Waals surface area contributed by atoms with Crippen molar-refractivity contribution < 1.29 is 4.79 Å². The lowest BCUT2D eigenvalue weighted by molar-refractivity contribution is -0.122. The summed E-state index contributed by atoms with van der Waals surface area (Å²) in [6.45, 7) is 8.32. The smallest absolute Gasteiger partial charge is 0.240 e. The van der Waals surface area contributed by atoms with E-state index in [2.05, 4.69) is 32.3 Å². The molecule has 1 amide bonds. The van der Waals surface area contributed by atoms with Crippen molar-refractivity contribution in [3.63, 3.8) is 0 Å². The van der Waals surface area contributed by atoms with Crippen molar-refractivity contribution >= 4 is 44.1 Å². The summed E-state index contributed by atoms with van der Waals surface area (Å²) in [7, 11) is 0. The molecule has 0 fully saturated rings. The molecule has 1 aromatic carbocycles. The molecule has 0 bridgehead atoms. The topological polar surface area (TPSA) is 46.9 Å². The molecule has 0 aliphatic carbocycles. The number of nitrogens with one attached hydrogen (secondary N) is 1. The lowest BCUT2D eigenvalue weighted by Crippen LogP contribution is -2.30. The maximum atomic E-state index is 12.6. The van der Waals surface area contributed by atoms with Crippen molar-refractivity contribution in [2.24, 2.45) is 0 Å². The first-order valence-electron chi connectivity index (χ1n) is 7.85. The summed E-state index contributed by atoms with van der Waals surface area (Å²) in [5, 5.41) is 5.25. The van der Waals surface area contributed by atoms with E-state index in [0.29, 0.717) is 6.54 Å². The number of para-hydroxylation sites is 1. The Morgan fingerprint density at radius 2 is 2.04 bits per heavy atom. The number of aryl methyl sites for hydroxylation is 2. The molecule has 0 unspecified atom stereocenters. The lowest BCUT2D eigenvalue weighted by Gasteiger charge is -2.14. The summed E-state index contributed by atoms with van der Waals surface area (Å²) in [6, 6.07) is 8.07. The van der Waals surface area contributed by atoms with Gasteiger partial charge in [0.25, 0.3) is 0 Å². The van der Waals surface area contributed by atoms with Gasteiger partial charge in [-0.2, -0.15) is 0 Å². The monoisotopic (exact) mass is 405 g/mol. The summed E-state index contributed by atoms with van der Waals surface area (Å²) in [4.78, 5) is 18.1. The van der Waals surface area contributed by atoms with Crippen LogP contribution in [-0.4, -0.2) is 15.5 Å². The Bertz CT molecular complexity index is 913. The number of nitrogens with zero attached hydrogens (tertiary/aromatic N) is 2. The van der Waals surface area contributed by atoms with E-state index in [9.17, 15) is 4.79 Å². The van der Waals surface area contributed by atoms with E-state index in [0.717, 1.165) is 36.6 Å². The largest absolute Gasteiger partial charge is 0.347 e. The number of thiazole rings is 1. The average Bonchev–Trinajstić information content (AvgIpc) is 3.00. The first-order chi connectivity index (χ1) is 11.4. The molecule has 0 saturated heterocycles. The molecule has 2 heterocycles. The van der Waals surface area contributed by atoms with Crippen LogP contribution in [0.15, 0.2) is 28.7 Å². The van der Waals surface area contributed by atoms with Crippen LogP contribution in [0.2, 0.25) is 0 Å². The second-order valence-corrected chi connectivity index (χ2v) is 8.00. The number of benzene rings is 1. The third-order valence-electron chi connectivity index (χ3n) is 4.17. The Kier molecular flexibility index (Phi) is 4.78. The van der Waals surface area contributed by atoms with Gasteiger partial charge in [0.2, 0.25) is 5.91 Å². The van der Waals surface area contributed by atoms with Crippen LogP contribution < -0.4 is 5.32 Å². The van der Waals surface area contributed by atoms with Gasteiger partial charge in [-0.25, -0.2) is 4.98 Å². The molecule has 0 aliphatic rings. The van der Waals surface area contributed by atoms with Crippen LogP contribution in [-0.2, 0) is 11.3 Å². The van der Waals surface area contributed by atoms with Crippen molar-refractivity contribution in [1.82, 2.24) is 14.9 Å². The first kappa shape index (κ1) is 17.2. The Hall–Kier alpha value is -1.66. The summed E-state index contributed by atoms with van der Waals surface area (Å²) in [5.74, 6) is 0.00399. The minimum Gasteiger partial charge on any atom is -0.347 e. The van der Waals surface area contributed by atoms with Crippen LogP contribution in [0.4, 0.5) is 0 Å². The quantitative estimate of drug-likeness (QED) is 0.685. The van der Waals surface area contributed by atoms with E-state index < -0.39 is 0 Å².